The van der Waals surface area contributed by atoms with Gasteiger partial charge in [-0.3, -0.25) is 4.79 Å². The third-order valence-electron chi connectivity index (χ3n) is 4.37. The van der Waals surface area contributed by atoms with E-state index in [0.29, 0.717) is 25.0 Å². The van der Waals surface area contributed by atoms with E-state index in [1.54, 1.807) is 0 Å². The fourth-order valence-electron chi connectivity index (χ4n) is 2.99. The molecular formula is C15H29N3O2. The molecule has 0 aromatic heterocycles. The standard InChI is InChI=1S/C15H29N3O2/c1-2-18-9-5-13(12-18)11-17-15(19)6-10-20-14-3-7-16-8-4-14/h13-14,16H,2-12H2,1H3,(H,17,19). The predicted octanol–water partition coefficient (Wildman–Crippen LogP) is 0.603. The van der Waals surface area contributed by atoms with E-state index in [2.05, 4.69) is 22.5 Å². The summed E-state index contributed by atoms with van der Waals surface area (Å²) in [5, 5.41) is 6.36. The van der Waals surface area contributed by atoms with Gasteiger partial charge in [0.05, 0.1) is 12.7 Å². The Morgan fingerprint density at radius 3 is 2.85 bits per heavy atom. The fraction of sp³-hybridized carbons (Fsp3) is 0.933. The maximum Gasteiger partial charge on any atom is 0.222 e. The lowest BCUT2D eigenvalue weighted by molar-refractivity contribution is -0.122. The molecular weight excluding hydrogens is 254 g/mol. The molecule has 2 N–H and O–H groups in total. The van der Waals surface area contributed by atoms with Gasteiger partial charge in [0.15, 0.2) is 0 Å². The first kappa shape index (κ1) is 15.7. The van der Waals surface area contributed by atoms with Gasteiger partial charge in [-0.25, -0.2) is 0 Å². The number of hydrogen-bond acceptors (Lipinski definition) is 4. The van der Waals surface area contributed by atoms with E-state index in [4.69, 9.17) is 4.74 Å². The molecule has 116 valence electrons. The zero-order valence-corrected chi connectivity index (χ0v) is 12.7. The van der Waals surface area contributed by atoms with Crippen LogP contribution >= 0.6 is 0 Å². The van der Waals surface area contributed by atoms with Gasteiger partial charge in [0.1, 0.15) is 0 Å². The summed E-state index contributed by atoms with van der Waals surface area (Å²) in [6.07, 6.45) is 4.18. The molecule has 2 heterocycles. The van der Waals surface area contributed by atoms with E-state index in [9.17, 15) is 4.79 Å². The van der Waals surface area contributed by atoms with Crippen LogP contribution in [-0.4, -0.2) is 62.8 Å². The molecule has 0 bridgehead atoms. The maximum absolute atomic E-state index is 11.8. The van der Waals surface area contributed by atoms with Crippen molar-refractivity contribution in [3.8, 4) is 0 Å². The summed E-state index contributed by atoms with van der Waals surface area (Å²) in [4.78, 5) is 14.2. The number of carbonyl (C=O) groups excluding carboxylic acids is 1. The Kier molecular flexibility index (Phi) is 6.76. The van der Waals surface area contributed by atoms with Crippen LogP contribution in [0, 0.1) is 5.92 Å². The van der Waals surface area contributed by atoms with Gasteiger partial charge in [0.25, 0.3) is 0 Å². The number of amides is 1. The molecule has 2 saturated heterocycles. The molecule has 0 aromatic carbocycles. The molecule has 5 heteroatoms. The summed E-state index contributed by atoms with van der Waals surface area (Å²) < 4.78 is 5.75. The van der Waals surface area contributed by atoms with Crippen LogP contribution in [0.2, 0.25) is 0 Å². The quantitative estimate of drug-likeness (QED) is 0.718. The molecule has 20 heavy (non-hydrogen) atoms. The van der Waals surface area contributed by atoms with Gasteiger partial charge in [0.2, 0.25) is 5.91 Å². The van der Waals surface area contributed by atoms with Crippen LogP contribution in [0.1, 0.15) is 32.6 Å². The number of hydrogen-bond donors (Lipinski definition) is 2. The average Bonchev–Trinajstić information content (AvgIpc) is 2.94. The van der Waals surface area contributed by atoms with Gasteiger partial charge in [0, 0.05) is 19.5 Å². The van der Waals surface area contributed by atoms with Crippen molar-refractivity contribution in [2.45, 2.75) is 38.7 Å². The molecule has 1 unspecified atom stereocenters. The number of carbonyl (C=O) groups is 1. The second-order valence-corrected chi connectivity index (χ2v) is 5.92. The molecule has 0 radical (unpaired) electrons. The summed E-state index contributed by atoms with van der Waals surface area (Å²) in [6, 6.07) is 0. The number of rotatable bonds is 7. The van der Waals surface area contributed by atoms with Crippen LogP contribution < -0.4 is 10.6 Å². The van der Waals surface area contributed by atoms with Crippen molar-refractivity contribution in [3.63, 3.8) is 0 Å². The minimum absolute atomic E-state index is 0.133. The summed E-state index contributed by atoms with van der Waals surface area (Å²) in [6.45, 7) is 9.07. The Balaban J connectivity index is 1.50. The number of ether oxygens (including phenoxy) is 1. The third kappa shape index (κ3) is 5.38. The van der Waals surface area contributed by atoms with E-state index in [1.807, 2.05) is 0 Å². The normalized spacial score (nSPS) is 24.9. The molecule has 2 aliphatic rings. The van der Waals surface area contributed by atoms with Crippen molar-refractivity contribution >= 4 is 5.91 Å². The van der Waals surface area contributed by atoms with Gasteiger partial charge < -0.3 is 20.3 Å². The molecule has 2 rings (SSSR count). The molecule has 0 spiro atoms. The van der Waals surface area contributed by atoms with Crippen molar-refractivity contribution in [2.24, 2.45) is 5.92 Å². The first-order chi connectivity index (χ1) is 9.78. The molecule has 2 fully saturated rings. The maximum atomic E-state index is 11.8. The van der Waals surface area contributed by atoms with Crippen LogP contribution in [0.5, 0.6) is 0 Å². The fourth-order valence-corrected chi connectivity index (χ4v) is 2.99. The molecule has 0 aliphatic carbocycles. The number of nitrogens with zero attached hydrogens (tertiary/aromatic N) is 1. The van der Waals surface area contributed by atoms with Crippen molar-refractivity contribution < 1.29 is 9.53 Å². The van der Waals surface area contributed by atoms with Crippen molar-refractivity contribution in [1.82, 2.24) is 15.5 Å². The highest BCUT2D eigenvalue weighted by Crippen LogP contribution is 2.14. The number of nitrogens with one attached hydrogen (secondary N) is 2. The van der Waals surface area contributed by atoms with Gasteiger partial charge in [-0.1, -0.05) is 6.92 Å². The SMILES string of the molecule is CCN1CCC(CNC(=O)CCOC2CCNCC2)C1. The largest absolute Gasteiger partial charge is 0.378 e. The number of likely N-dealkylation sites (tertiary alicyclic amines) is 1. The summed E-state index contributed by atoms with van der Waals surface area (Å²) >= 11 is 0. The Bertz CT molecular complexity index is 293. The minimum atomic E-state index is 0.133. The van der Waals surface area contributed by atoms with Crippen LogP contribution in [0.4, 0.5) is 0 Å². The predicted molar refractivity (Wildman–Crippen MR) is 79.7 cm³/mol. The van der Waals surface area contributed by atoms with Crippen molar-refractivity contribution in [3.05, 3.63) is 0 Å². The van der Waals surface area contributed by atoms with Crippen LogP contribution in [0.25, 0.3) is 0 Å². The van der Waals surface area contributed by atoms with E-state index < -0.39 is 0 Å². The monoisotopic (exact) mass is 283 g/mol. The highest BCUT2D eigenvalue weighted by Gasteiger charge is 2.21. The van der Waals surface area contributed by atoms with Crippen molar-refractivity contribution in [2.75, 3.05) is 45.9 Å². The Morgan fingerprint density at radius 1 is 1.35 bits per heavy atom. The average molecular weight is 283 g/mol. The summed E-state index contributed by atoms with van der Waals surface area (Å²) in [5.74, 6) is 0.762. The van der Waals surface area contributed by atoms with Gasteiger partial charge in [-0.2, -0.15) is 0 Å². The molecule has 1 amide bonds. The second-order valence-electron chi connectivity index (χ2n) is 5.92. The zero-order valence-electron chi connectivity index (χ0n) is 12.7. The van der Waals surface area contributed by atoms with E-state index >= 15 is 0 Å². The highest BCUT2D eigenvalue weighted by atomic mass is 16.5. The van der Waals surface area contributed by atoms with Crippen LogP contribution in [0.3, 0.4) is 0 Å². The minimum Gasteiger partial charge on any atom is -0.378 e. The highest BCUT2D eigenvalue weighted by molar-refractivity contribution is 5.75. The smallest absolute Gasteiger partial charge is 0.222 e. The lowest BCUT2D eigenvalue weighted by Crippen LogP contribution is -2.34. The second kappa shape index (κ2) is 8.60. The third-order valence-corrected chi connectivity index (χ3v) is 4.37. The Hall–Kier alpha value is -0.650. The summed E-state index contributed by atoms with van der Waals surface area (Å²) in [5.41, 5.74) is 0. The lowest BCUT2D eigenvalue weighted by atomic mass is 10.1. The van der Waals surface area contributed by atoms with Gasteiger partial charge in [-0.05, 0) is 51.4 Å². The van der Waals surface area contributed by atoms with E-state index in [0.717, 1.165) is 45.6 Å². The summed E-state index contributed by atoms with van der Waals surface area (Å²) in [7, 11) is 0. The van der Waals surface area contributed by atoms with E-state index in [1.165, 1.54) is 13.0 Å². The van der Waals surface area contributed by atoms with Crippen LogP contribution in [0.15, 0.2) is 0 Å². The number of piperidine rings is 1. The van der Waals surface area contributed by atoms with Gasteiger partial charge >= 0.3 is 0 Å². The molecule has 0 aromatic rings. The van der Waals surface area contributed by atoms with E-state index in [-0.39, 0.29) is 5.91 Å². The zero-order chi connectivity index (χ0) is 14.2. The topological polar surface area (TPSA) is 53.6 Å². The lowest BCUT2D eigenvalue weighted by Gasteiger charge is -2.22. The van der Waals surface area contributed by atoms with Crippen LogP contribution in [-0.2, 0) is 9.53 Å². The molecule has 0 saturated carbocycles. The van der Waals surface area contributed by atoms with Gasteiger partial charge in [-0.15, -0.1) is 0 Å². The first-order valence-electron chi connectivity index (χ1n) is 8.09. The van der Waals surface area contributed by atoms with Crippen molar-refractivity contribution in [1.29, 1.82) is 0 Å². The molecule has 5 nitrogen and oxygen atoms in total. The Morgan fingerprint density at radius 2 is 2.15 bits per heavy atom. The first-order valence-corrected chi connectivity index (χ1v) is 8.09. The molecule has 2 aliphatic heterocycles. The molecule has 1 atom stereocenters. The Labute approximate surface area is 122 Å².